The van der Waals surface area contributed by atoms with Gasteiger partial charge in [-0.1, -0.05) is 12.1 Å². The molecular formula is C16H26IN5S. The van der Waals surface area contributed by atoms with Crippen LogP contribution in [0.2, 0.25) is 0 Å². The maximum Gasteiger partial charge on any atom is 0.191 e. The number of aryl methyl sites for hydroxylation is 2. The molecule has 0 aliphatic heterocycles. The first-order chi connectivity index (χ1) is 10.8. The Morgan fingerprint density at radius 3 is 2.74 bits per heavy atom. The highest BCUT2D eigenvalue weighted by Gasteiger charge is 2.06. The smallest absolute Gasteiger partial charge is 0.191 e. The van der Waals surface area contributed by atoms with Gasteiger partial charge in [-0.2, -0.15) is 11.8 Å². The van der Waals surface area contributed by atoms with Crippen molar-refractivity contribution in [3.8, 4) is 0 Å². The molecule has 0 radical (unpaired) electrons. The summed E-state index contributed by atoms with van der Waals surface area (Å²) in [6.45, 7) is 4.86. The van der Waals surface area contributed by atoms with Crippen LogP contribution in [0, 0.1) is 6.92 Å². The van der Waals surface area contributed by atoms with Crippen LogP contribution in [0.1, 0.15) is 12.2 Å². The number of nitrogens with one attached hydrogen (secondary N) is 2. The second-order valence-electron chi connectivity index (χ2n) is 5.07. The van der Waals surface area contributed by atoms with Crippen LogP contribution in [0.15, 0.2) is 29.3 Å². The predicted molar refractivity (Wildman–Crippen MR) is 112 cm³/mol. The number of guanidine groups is 1. The molecule has 0 bridgehead atoms. The molecule has 0 fully saturated rings. The monoisotopic (exact) mass is 447 g/mol. The van der Waals surface area contributed by atoms with Crippen LogP contribution in [0.5, 0.6) is 0 Å². The molecule has 2 rings (SSSR count). The number of aromatic nitrogens is 2. The lowest BCUT2D eigenvalue weighted by molar-refractivity contribution is 0.625. The van der Waals surface area contributed by atoms with Gasteiger partial charge in [0, 0.05) is 32.4 Å². The predicted octanol–water partition coefficient (Wildman–Crippen LogP) is 2.88. The van der Waals surface area contributed by atoms with Crippen molar-refractivity contribution in [2.75, 3.05) is 32.1 Å². The van der Waals surface area contributed by atoms with Crippen molar-refractivity contribution < 1.29 is 0 Å². The molecule has 2 aromatic rings. The van der Waals surface area contributed by atoms with Gasteiger partial charge < -0.3 is 15.2 Å². The Hall–Kier alpha value is -0.960. The minimum atomic E-state index is 0. The molecule has 0 saturated heterocycles. The molecule has 7 heteroatoms. The molecule has 0 atom stereocenters. The van der Waals surface area contributed by atoms with Crippen LogP contribution in [0.4, 0.5) is 0 Å². The normalized spacial score (nSPS) is 11.3. The standard InChI is InChI=1S/C16H25N5S.HI/c1-13-20-14-7-4-5-8-15(14)21(13)11-6-9-18-16(17-2)19-10-12-22-3;/h4-5,7-8H,6,9-12H2,1-3H3,(H2,17,18,19);1H. The lowest BCUT2D eigenvalue weighted by atomic mass is 10.3. The fourth-order valence-corrected chi connectivity index (χ4v) is 2.72. The molecule has 0 spiro atoms. The van der Waals surface area contributed by atoms with Gasteiger partial charge in [-0.3, -0.25) is 4.99 Å². The van der Waals surface area contributed by atoms with Gasteiger partial charge in [-0.25, -0.2) is 4.98 Å². The molecule has 128 valence electrons. The SMILES string of the molecule is CN=C(NCCCn1c(C)nc2ccccc21)NCCSC.I. The molecular weight excluding hydrogens is 421 g/mol. The molecule has 0 aliphatic rings. The third kappa shape index (κ3) is 5.87. The number of aliphatic imine (C=N–C) groups is 1. The van der Waals surface area contributed by atoms with Crippen LogP contribution in [0.3, 0.4) is 0 Å². The van der Waals surface area contributed by atoms with Crippen molar-refractivity contribution in [1.29, 1.82) is 0 Å². The summed E-state index contributed by atoms with van der Waals surface area (Å²) < 4.78 is 2.28. The maximum absolute atomic E-state index is 4.60. The molecule has 0 amide bonds. The van der Waals surface area contributed by atoms with E-state index in [9.17, 15) is 0 Å². The van der Waals surface area contributed by atoms with Gasteiger partial charge in [0.1, 0.15) is 5.82 Å². The highest BCUT2D eigenvalue weighted by atomic mass is 127. The molecule has 1 aromatic heterocycles. The van der Waals surface area contributed by atoms with E-state index in [-0.39, 0.29) is 24.0 Å². The largest absolute Gasteiger partial charge is 0.356 e. The maximum atomic E-state index is 4.60. The number of thioether (sulfide) groups is 1. The number of para-hydroxylation sites is 2. The Bertz CT molecular complexity index is 626. The number of benzene rings is 1. The fourth-order valence-electron chi connectivity index (χ4n) is 2.41. The van der Waals surface area contributed by atoms with Gasteiger partial charge in [0.25, 0.3) is 0 Å². The average Bonchev–Trinajstić information content (AvgIpc) is 2.85. The lowest BCUT2D eigenvalue weighted by Gasteiger charge is -2.12. The molecule has 1 heterocycles. The Kier molecular flexibility index (Phi) is 9.39. The minimum Gasteiger partial charge on any atom is -0.356 e. The van der Waals surface area contributed by atoms with E-state index in [4.69, 9.17) is 0 Å². The van der Waals surface area contributed by atoms with Crippen molar-refractivity contribution in [1.82, 2.24) is 20.2 Å². The zero-order valence-corrected chi connectivity index (χ0v) is 17.1. The summed E-state index contributed by atoms with van der Waals surface area (Å²) in [6.07, 6.45) is 3.14. The molecule has 5 nitrogen and oxygen atoms in total. The number of hydrogen-bond donors (Lipinski definition) is 2. The Morgan fingerprint density at radius 2 is 2.00 bits per heavy atom. The zero-order valence-electron chi connectivity index (χ0n) is 14.0. The molecule has 0 aliphatic carbocycles. The Balaban J connectivity index is 0.00000264. The quantitative estimate of drug-likeness (QED) is 0.297. The summed E-state index contributed by atoms with van der Waals surface area (Å²) in [4.78, 5) is 8.83. The lowest BCUT2D eigenvalue weighted by Crippen LogP contribution is -2.39. The highest BCUT2D eigenvalue weighted by Crippen LogP contribution is 2.15. The fraction of sp³-hybridized carbons (Fsp3) is 0.500. The number of imidazole rings is 1. The molecule has 0 unspecified atom stereocenters. The van der Waals surface area contributed by atoms with Crippen molar-refractivity contribution in [3.63, 3.8) is 0 Å². The van der Waals surface area contributed by atoms with Crippen LogP contribution in [-0.4, -0.2) is 47.7 Å². The van der Waals surface area contributed by atoms with E-state index in [0.29, 0.717) is 0 Å². The number of nitrogens with zero attached hydrogens (tertiary/aromatic N) is 3. The van der Waals surface area contributed by atoms with Gasteiger partial charge in [0.05, 0.1) is 11.0 Å². The van der Waals surface area contributed by atoms with Gasteiger partial charge in [0.2, 0.25) is 0 Å². The van der Waals surface area contributed by atoms with Crippen molar-refractivity contribution in [2.24, 2.45) is 4.99 Å². The van der Waals surface area contributed by atoms with E-state index in [0.717, 1.165) is 49.1 Å². The Morgan fingerprint density at radius 1 is 1.26 bits per heavy atom. The summed E-state index contributed by atoms with van der Waals surface area (Å²) in [5.41, 5.74) is 2.28. The first kappa shape index (κ1) is 20.1. The first-order valence-electron chi connectivity index (χ1n) is 7.61. The van der Waals surface area contributed by atoms with Gasteiger partial charge in [-0.05, 0) is 31.7 Å². The van der Waals surface area contributed by atoms with E-state index in [1.807, 2.05) is 24.9 Å². The first-order valence-corrected chi connectivity index (χ1v) is 9.01. The summed E-state index contributed by atoms with van der Waals surface area (Å²) in [5, 5.41) is 6.66. The highest BCUT2D eigenvalue weighted by molar-refractivity contribution is 14.0. The van der Waals surface area contributed by atoms with Crippen molar-refractivity contribution >= 4 is 52.7 Å². The molecule has 0 saturated carbocycles. The summed E-state index contributed by atoms with van der Waals surface area (Å²) >= 11 is 1.83. The summed E-state index contributed by atoms with van der Waals surface area (Å²) in [6, 6.07) is 8.29. The van der Waals surface area contributed by atoms with Crippen LogP contribution in [-0.2, 0) is 6.54 Å². The number of rotatable bonds is 7. The summed E-state index contributed by atoms with van der Waals surface area (Å²) in [5.74, 6) is 3.03. The second-order valence-corrected chi connectivity index (χ2v) is 6.06. The van der Waals surface area contributed by atoms with Gasteiger partial charge in [0.15, 0.2) is 5.96 Å². The van der Waals surface area contributed by atoms with Crippen molar-refractivity contribution in [2.45, 2.75) is 19.9 Å². The van der Waals surface area contributed by atoms with Crippen LogP contribution >= 0.6 is 35.7 Å². The third-order valence-electron chi connectivity index (χ3n) is 3.52. The van der Waals surface area contributed by atoms with E-state index in [2.05, 4.69) is 56.6 Å². The van der Waals surface area contributed by atoms with Gasteiger partial charge in [-0.15, -0.1) is 24.0 Å². The van der Waals surface area contributed by atoms with Gasteiger partial charge >= 0.3 is 0 Å². The number of fused-ring (bicyclic) bond motifs is 1. The summed E-state index contributed by atoms with van der Waals surface area (Å²) in [7, 11) is 1.81. The number of hydrogen-bond acceptors (Lipinski definition) is 3. The zero-order chi connectivity index (χ0) is 15.8. The van der Waals surface area contributed by atoms with Crippen molar-refractivity contribution in [3.05, 3.63) is 30.1 Å². The molecule has 1 aromatic carbocycles. The topological polar surface area (TPSA) is 54.2 Å². The van der Waals surface area contributed by atoms with E-state index >= 15 is 0 Å². The Labute approximate surface area is 159 Å². The van der Waals surface area contributed by atoms with Crippen LogP contribution in [0.25, 0.3) is 11.0 Å². The number of halogens is 1. The van der Waals surface area contributed by atoms with E-state index < -0.39 is 0 Å². The van der Waals surface area contributed by atoms with Crippen LogP contribution < -0.4 is 10.6 Å². The third-order valence-corrected chi connectivity index (χ3v) is 4.13. The molecule has 2 N–H and O–H groups in total. The minimum absolute atomic E-state index is 0. The van der Waals surface area contributed by atoms with E-state index in [1.165, 1.54) is 5.52 Å². The second kappa shape index (κ2) is 10.7. The molecule has 23 heavy (non-hydrogen) atoms. The van der Waals surface area contributed by atoms with E-state index in [1.54, 1.807) is 0 Å². The average molecular weight is 447 g/mol.